The fourth-order valence-electron chi connectivity index (χ4n) is 2.54. The maximum Gasteiger partial charge on any atom is 0.313 e. The molecule has 1 unspecified atom stereocenters. The number of anilines is 1. The lowest BCUT2D eigenvalue weighted by Gasteiger charge is -2.31. The van der Waals surface area contributed by atoms with Crippen molar-refractivity contribution in [2.75, 3.05) is 25.0 Å². The third kappa shape index (κ3) is 4.01. The summed E-state index contributed by atoms with van der Waals surface area (Å²) in [6, 6.07) is 4.11. The first-order chi connectivity index (χ1) is 9.99. The van der Waals surface area contributed by atoms with Crippen LogP contribution in [0.25, 0.3) is 0 Å². The number of hydrogen-bond donors (Lipinski definition) is 2. The standard InChI is InChI=1S/C15H19FN2O3/c1-10-5-12(16)7-13(6-10)17-14(20)15(21)18-4-2-3-11(8-18)9-19/h5-7,11,19H,2-4,8-9H2,1H3,(H,17,20). The predicted molar refractivity (Wildman–Crippen MR) is 76.2 cm³/mol. The lowest BCUT2D eigenvalue weighted by Crippen LogP contribution is -2.45. The number of aryl methyl sites for hydroxylation is 1. The monoisotopic (exact) mass is 294 g/mol. The number of aliphatic hydroxyl groups is 1. The van der Waals surface area contributed by atoms with Crippen LogP contribution in [0.15, 0.2) is 18.2 Å². The number of carbonyl (C=O) groups is 2. The number of benzene rings is 1. The quantitative estimate of drug-likeness (QED) is 0.808. The van der Waals surface area contributed by atoms with E-state index in [1.54, 1.807) is 13.0 Å². The number of carbonyl (C=O) groups excluding carboxylic acids is 2. The Morgan fingerprint density at radius 3 is 2.86 bits per heavy atom. The zero-order chi connectivity index (χ0) is 15.4. The minimum absolute atomic E-state index is 0.00842. The van der Waals surface area contributed by atoms with Crippen molar-refractivity contribution < 1.29 is 19.1 Å². The van der Waals surface area contributed by atoms with Gasteiger partial charge in [-0.3, -0.25) is 9.59 Å². The van der Waals surface area contributed by atoms with Crippen LogP contribution in [0.1, 0.15) is 18.4 Å². The first-order valence-electron chi connectivity index (χ1n) is 6.98. The minimum atomic E-state index is -0.779. The Hall–Kier alpha value is -1.95. The van der Waals surface area contributed by atoms with Crippen molar-refractivity contribution in [1.29, 1.82) is 0 Å². The highest BCUT2D eigenvalue weighted by atomic mass is 19.1. The Morgan fingerprint density at radius 1 is 1.43 bits per heavy atom. The van der Waals surface area contributed by atoms with E-state index in [0.29, 0.717) is 18.7 Å². The Kier molecular flexibility index (Phi) is 4.90. The second kappa shape index (κ2) is 6.67. The molecule has 5 nitrogen and oxygen atoms in total. The number of amides is 2. The zero-order valence-corrected chi connectivity index (χ0v) is 11.9. The summed E-state index contributed by atoms with van der Waals surface area (Å²) in [7, 11) is 0. The van der Waals surface area contributed by atoms with Gasteiger partial charge in [0.05, 0.1) is 0 Å². The van der Waals surface area contributed by atoms with Crippen LogP contribution in [0.3, 0.4) is 0 Å². The maximum absolute atomic E-state index is 13.3. The van der Waals surface area contributed by atoms with Crippen LogP contribution >= 0.6 is 0 Å². The fraction of sp³-hybridized carbons (Fsp3) is 0.467. The normalized spacial score (nSPS) is 18.4. The largest absolute Gasteiger partial charge is 0.396 e. The number of aliphatic hydroxyl groups excluding tert-OH is 1. The molecule has 1 heterocycles. The molecular formula is C15H19FN2O3. The highest BCUT2D eigenvalue weighted by Crippen LogP contribution is 2.17. The van der Waals surface area contributed by atoms with Gasteiger partial charge in [-0.1, -0.05) is 0 Å². The summed E-state index contributed by atoms with van der Waals surface area (Å²) < 4.78 is 13.3. The molecule has 0 aromatic heterocycles. The Bertz CT molecular complexity index is 527. The molecule has 2 rings (SSSR count). The molecule has 21 heavy (non-hydrogen) atoms. The lowest BCUT2D eigenvalue weighted by molar-refractivity contribution is -0.144. The van der Waals surface area contributed by atoms with Gasteiger partial charge >= 0.3 is 11.8 Å². The fourth-order valence-corrected chi connectivity index (χ4v) is 2.54. The van der Waals surface area contributed by atoms with Crippen LogP contribution in [0.2, 0.25) is 0 Å². The molecular weight excluding hydrogens is 275 g/mol. The van der Waals surface area contributed by atoms with Gasteiger partial charge in [-0.25, -0.2) is 4.39 Å². The summed E-state index contributed by atoms with van der Waals surface area (Å²) in [6.07, 6.45) is 1.62. The average molecular weight is 294 g/mol. The van der Waals surface area contributed by atoms with Crippen molar-refractivity contribution in [3.05, 3.63) is 29.6 Å². The van der Waals surface area contributed by atoms with Gasteiger partial charge in [0.25, 0.3) is 0 Å². The van der Waals surface area contributed by atoms with E-state index in [-0.39, 0.29) is 18.2 Å². The minimum Gasteiger partial charge on any atom is -0.396 e. The number of piperidine rings is 1. The molecule has 1 aliphatic heterocycles. The van der Waals surface area contributed by atoms with Crippen LogP contribution < -0.4 is 5.32 Å². The predicted octanol–water partition coefficient (Wildman–Crippen LogP) is 1.30. The lowest BCUT2D eigenvalue weighted by atomic mass is 9.99. The first-order valence-corrected chi connectivity index (χ1v) is 6.98. The number of nitrogens with one attached hydrogen (secondary N) is 1. The van der Waals surface area contributed by atoms with Crippen molar-refractivity contribution in [3.8, 4) is 0 Å². The van der Waals surface area contributed by atoms with E-state index >= 15 is 0 Å². The molecule has 2 amide bonds. The SMILES string of the molecule is Cc1cc(F)cc(NC(=O)C(=O)N2CCCC(CO)C2)c1. The highest BCUT2D eigenvalue weighted by molar-refractivity contribution is 6.39. The smallest absolute Gasteiger partial charge is 0.313 e. The summed E-state index contributed by atoms with van der Waals surface area (Å²) in [5.41, 5.74) is 0.928. The van der Waals surface area contributed by atoms with Crippen LogP contribution in [-0.4, -0.2) is 41.5 Å². The van der Waals surface area contributed by atoms with E-state index in [4.69, 9.17) is 5.11 Å². The molecule has 2 N–H and O–H groups in total. The first kappa shape index (κ1) is 15.4. The molecule has 0 spiro atoms. The van der Waals surface area contributed by atoms with Crippen molar-refractivity contribution in [2.45, 2.75) is 19.8 Å². The molecule has 1 aliphatic rings. The summed E-state index contributed by atoms with van der Waals surface area (Å²) >= 11 is 0. The third-order valence-corrected chi connectivity index (χ3v) is 3.56. The Morgan fingerprint density at radius 2 is 2.19 bits per heavy atom. The summed E-state index contributed by atoms with van der Waals surface area (Å²) in [5, 5.41) is 11.6. The molecule has 6 heteroatoms. The van der Waals surface area contributed by atoms with Crippen LogP contribution in [0.4, 0.5) is 10.1 Å². The molecule has 0 radical (unpaired) electrons. The van der Waals surface area contributed by atoms with Crippen molar-refractivity contribution in [1.82, 2.24) is 4.90 Å². The van der Waals surface area contributed by atoms with Gasteiger partial charge in [-0.15, -0.1) is 0 Å². The van der Waals surface area contributed by atoms with E-state index in [0.717, 1.165) is 12.8 Å². The molecule has 0 aliphatic carbocycles. The molecule has 1 fully saturated rings. The summed E-state index contributed by atoms with van der Waals surface area (Å²) in [5.74, 6) is -1.86. The van der Waals surface area contributed by atoms with E-state index in [1.165, 1.54) is 17.0 Å². The average Bonchev–Trinajstić information content (AvgIpc) is 2.45. The van der Waals surface area contributed by atoms with E-state index in [1.807, 2.05) is 0 Å². The molecule has 0 saturated carbocycles. The van der Waals surface area contributed by atoms with Crippen LogP contribution in [0, 0.1) is 18.7 Å². The second-order valence-electron chi connectivity index (χ2n) is 5.41. The number of likely N-dealkylation sites (tertiary alicyclic amines) is 1. The van der Waals surface area contributed by atoms with Crippen molar-refractivity contribution >= 4 is 17.5 Å². The van der Waals surface area contributed by atoms with Crippen LogP contribution in [-0.2, 0) is 9.59 Å². The molecule has 1 aromatic carbocycles. The van der Waals surface area contributed by atoms with Gasteiger partial charge in [0, 0.05) is 25.4 Å². The number of halogens is 1. The molecule has 1 atom stereocenters. The van der Waals surface area contributed by atoms with Gasteiger partial charge in [-0.05, 0) is 49.4 Å². The molecule has 0 bridgehead atoms. The number of rotatable bonds is 2. The maximum atomic E-state index is 13.3. The second-order valence-corrected chi connectivity index (χ2v) is 5.41. The number of hydrogen-bond acceptors (Lipinski definition) is 3. The Balaban J connectivity index is 2.00. The topological polar surface area (TPSA) is 69.6 Å². The zero-order valence-electron chi connectivity index (χ0n) is 11.9. The van der Waals surface area contributed by atoms with E-state index in [9.17, 15) is 14.0 Å². The van der Waals surface area contributed by atoms with Gasteiger partial charge in [0.2, 0.25) is 0 Å². The van der Waals surface area contributed by atoms with Crippen molar-refractivity contribution in [2.24, 2.45) is 5.92 Å². The van der Waals surface area contributed by atoms with Gasteiger partial charge in [0.15, 0.2) is 0 Å². The van der Waals surface area contributed by atoms with Gasteiger partial charge in [-0.2, -0.15) is 0 Å². The van der Waals surface area contributed by atoms with Crippen molar-refractivity contribution in [3.63, 3.8) is 0 Å². The van der Waals surface area contributed by atoms with Gasteiger partial charge in [0.1, 0.15) is 5.82 Å². The number of nitrogens with zero attached hydrogens (tertiary/aromatic N) is 1. The molecule has 1 saturated heterocycles. The summed E-state index contributed by atoms with van der Waals surface area (Å²) in [4.78, 5) is 25.5. The van der Waals surface area contributed by atoms with Gasteiger partial charge < -0.3 is 15.3 Å². The Labute approximate surface area is 122 Å². The van der Waals surface area contributed by atoms with E-state index < -0.39 is 17.6 Å². The molecule has 114 valence electrons. The third-order valence-electron chi connectivity index (χ3n) is 3.56. The summed E-state index contributed by atoms with van der Waals surface area (Å²) in [6.45, 7) is 2.60. The van der Waals surface area contributed by atoms with Crippen LogP contribution in [0.5, 0.6) is 0 Å². The van der Waals surface area contributed by atoms with E-state index in [2.05, 4.69) is 5.32 Å². The molecule has 1 aromatic rings. The highest BCUT2D eigenvalue weighted by Gasteiger charge is 2.27.